The zero-order chi connectivity index (χ0) is 11.3. The molecule has 1 rings (SSSR count). The molecule has 0 fully saturated rings. The summed E-state index contributed by atoms with van der Waals surface area (Å²) in [5, 5.41) is 0. The van der Waals surface area contributed by atoms with E-state index in [1.54, 1.807) is 0 Å². The second-order valence-electron chi connectivity index (χ2n) is 3.52. The fourth-order valence-electron chi connectivity index (χ4n) is 1.50. The molecule has 0 atom stereocenters. The average molecular weight is 215 g/mol. The quantitative estimate of drug-likeness (QED) is 0.659. The lowest BCUT2D eigenvalue weighted by molar-refractivity contribution is -0.138. The molecule has 83 valence electrons. The monoisotopic (exact) mass is 215 g/mol. The van der Waals surface area contributed by atoms with E-state index in [0.29, 0.717) is 12.0 Å². The molecule has 1 aromatic rings. The summed E-state index contributed by atoms with van der Waals surface area (Å²) in [4.78, 5) is 0. The normalized spacial score (nSPS) is 11.7. The molecule has 1 aromatic carbocycles. The van der Waals surface area contributed by atoms with Crippen LogP contribution in [-0.2, 0) is 12.6 Å². The topological polar surface area (TPSA) is 0 Å². The number of unbranched alkanes of at least 4 members (excludes halogenated alkanes) is 2. The third-order valence-corrected chi connectivity index (χ3v) is 2.28. The molecule has 0 unspecified atom stereocenters. The summed E-state index contributed by atoms with van der Waals surface area (Å²) in [7, 11) is 0. The SMILES string of the molecule is CCCCCc1[c]cccc1C(F)(F)F. The molecule has 0 aliphatic carbocycles. The van der Waals surface area contributed by atoms with Crippen LogP contribution < -0.4 is 0 Å². The highest BCUT2D eigenvalue weighted by Crippen LogP contribution is 2.32. The molecule has 0 amide bonds. The van der Waals surface area contributed by atoms with Crippen LogP contribution in [0.5, 0.6) is 0 Å². The van der Waals surface area contributed by atoms with Gasteiger partial charge in [-0.05, 0) is 30.5 Å². The Bertz CT molecular complexity index is 302. The first-order valence-corrected chi connectivity index (χ1v) is 5.12. The van der Waals surface area contributed by atoms with Crippen LogP contribution in [0.3, 0.4) is 0 Å². The maximum absolute atomic E-state index is 12.5. The highest BCUT2D eigenvalue weighted by Gasteiger charge is 2.32. The van der Waals surface area contributed by atoms with Crippen molar-refractivity contribution in [1.82, 2.24) is 0 Å². The minimum atomic E-state index is -4.25. The Morgan fingerprint density at radius 1 is 1.27 bits per heavy atom. The molecule has 0 nitrogen and oxygen atoms in total. The van der Waals surface area contributed by atoms with Gasteiger partial charge in [0.2, 0.25) is 0 Å². The summed E-state index contributed by atoms with van der Waals surface area (Å²) in [6, 6.07) is 6.72. The third kappa shape index (κ3) is 3.57. The molecule has 0 saturated carbocycles. The summed E-state index contributed by atoms with van der Waals surface area (Å²) >= 11 is 0. The molecule has 0 N–H and O–H groups in total. The number of alkyl halides is 3. The van der Waals surface area contributed by atoms with Gasteiger partial charge in [-0.2, -0.15) is 13.2 Å². The molecule has 0 aliphatic rings. The van der Waals surface area contributed by atoms with Crippen LogP contribution in [-0.4, -0.2) is 0 Å². The van der Waals surface area contributed by atoms with Crippen LogP contribution in [0.25, 0.3) is 0 Å². The zero-order valence-electron chi connectivity index (χ0n) is 8.69. The highest BCUT2D eigenvalue weighted by molar-refractivity contribution is 5.28. The summed E-state index contributed by atoms with van der Waals surface area (Å²) in [5.41, 5.74) is -0.250. The van der Waals surface area contributed by atoms with E-state index in [9.17, 15) is 13.2 Å². The predicted octanol–water partition coefficient (Wildman–Crippen LogP) is 4.24. The largest absolute Gasteiger partial charge is 0.416 e. The van der Waals surface area contributed by atoms with Crippen molar-refractivity contribution in [3.05, 3.63) is 35.4 Å². The van der Waals surface area contributed by atoms with E-state index in [-0.39, 0.29) is 0 Å². The smallest absolute Gasteiger partial charge is 0.166 e. The lowest BCUT2D eigenvalue weighted by Gasteiger charge is -2.11. The Morgan fingerprint density at radius 2 is 2.00 bits per heavy atom. The Balaban J connectivity index is 2.78. The second-order valence-corrected chi connectivity index (χ2v) is 3.52. The maximum Gasteiger partial charge on any atom is 0.416 e. The van der Waals surface area contributed by atoms with Gasteiger partial charge in [-0.15, -0.1) is 0 Å². The van der Waals surface area contributed by atoms with Crippen LogP contribution in [0.15, 0.2) is 18.2 Å². The Morgan fingerprint density at radius 3 is 2.60 bits per heavy atom. The van der Waals surface area contributed by atoms with Crippen molar-refractivity contribution in [2.75, 3.05) is 0 Å². The van der Waals surface area contributed by atoms with E-state index < -0.39 is 11.7 Å². The van der Waals surface area contributed by atoms with Crippen LogP contribution in [0, 0.1) is 6.07 Å². The highest BCUT2D eigenvalue weighted by atomic mass is 19.4. The third-order valence-electron chi connectivity index (χ3n) is 2.28. The van der Waals surface area contributed by atoms with Crippen molar-refractivity contribution in [1.29, 1.82) is 0 Å². The van der Waals surface area contributed by atoms with Crippen molar-refractivity contribution in [3.63, 3.8) is 0 Å². The van der Waals surface area contributed by atoms with E-state index >= 15 is 0 Å². The van der Waals surface area contributed by atoms with E-state index in [0.717, 1.165) is 25.3 Å². The van der Waals surface area contributed by atoms with Gasteiger partial charge in [0.1, 0.15) is 0 Å². The fourth-order valence-corrected chi connectivity index (χ4v) is 1.50. The maximum atomic E-state index is 12.5. The van der Waals surface area contributed by atoms with Gasteiger partial charge in [0.05, 0.1) is 5.56 Å². The van der Waals surface area contributed by atoms with E-state index in [1.165, 1.54) is 12.1 Å². The van der Waals surface area contributed by atoms with Gasteiger partial charge in [-0.1, -0.05) is 31.9 Å². The first-order chi connectivity index (χ1) is 7.05. The van der Waals surface area contributed by atoms with E-state index in [2.05, 4.69) is 6.07 Å². The molecule has 0 heterocycles. The molecule has 15 heavy (non-hydrogen) atoms. The van der Waals surface area contributed by atoms with Crippen LogP contribution >= 0.6 is 0 Å². The average Bonchev–Trinajstić information content (AvgIpc) is 2.17. The van der Waals surface area contributed by atoms with Gasteiger partial charge in [0.25, 0.3) is 0 Å². The van der Waals surface area contributed by atoms with Gasteiger partial charge in [-0.3, -0.25) is 0 Å². The Kier molecular flexibility index (Phi) is 4.18. The molecule has 0 spiro atoms. The predicted molar refractivity (Wildman–Crippen MR) is 53.5 cm³/mol. The molecule has 1 radical (unpaired) electrons. The number of aryl methyl sites for hydroxylation is 1. The minimum Gasteiger partial charge on any atom is -0.166 e. The standard InChI is InChI=1S/C12H14F3/c1-2-3-4-7-10-8-5-6-9-11(10)12(13,14)15/h5-6,9H,2-4,7H2,1H3. The number of hydrogen-bond donors (Lipinski definition) is 0. The van der Waals surface area contributed by atoms with Crippen LogP contribution in [0.1, 0.15) is 37.3 Å². The molecule has 0 aromatic heterocycles. The summed E-state index contributed by atoms with van der Waals surface area (Å²) in [5.74, 6) is 0. The van der Waals surface area contributed by atoms with Crippen LogP contribution in [0.2, 0.25) is 0 Å². The Labute approximate surface area is 88.1 Å². The number of rotatable bonds is 4. The number of benzene rings is 1. The molecule has 0 bridgehead atoms. The van der Waals surface area contributed by atoms with Gasteiger partial charge in [0, 0.05) is 0 Å². The molecule has 0 aliphatic heterocycles. The van der Waals surface area contributed by atoms with Crippen LogP contribution in [0.4, 0.5) is 13.2 Å². The second kappa shape index (κ2) is 5.19. The van der Waals surface area contributed by atoms with E-state index in [4.69, 9.17) is 0 Å². The van der Waals surface area contributed by atoms with Crippen molar-refractivity contribution < 1.29 is 13.2 Å². The Hall–Kier alpha value is -0.990. The lowest BCUT2D eigenvalue weighted by atomic mass is 10.0. The van der Waals surface area contributed by atoms with Gasteiger partial charge < -0.3 is 0 Å². The van der Waals surface area contributed by atoms with Gasteiger partial charge in [0.15, 0.2) is 0 Å². The van der Waals surface area contributed by atoms with Crippen molar-refractivity contribution in [2.45, 2.75) is 38.8 Å². The van der Waals surface area contributed by atoms with Gasteiger partial charge >= 0.3 is 6.18 Å². The lowest BCUT2D eigenvalue weighted by Crippen LogP contribution is -2.09. The zero-order valence-corrected chi connectivity index (χ0v) is 8.69. The van der Waals surface area contributed by atoms with Gasteiger partial charge in [-0.25, -0.2) is 0 Å². The summed E-state index contributed by atoms with van der Waals surface area (Å²) < 4.78 is 37.6. The molecule has 0 saturated heterocycles. The number of hydrogen-bond acceptors (Lipinski definition) is 0. The minimum absolute atomic E-state index is 0.290. The molecule has 3 heteroatoms. The summed E-state index contributed by atoms with van der Waals surface area (Å²) in [6.07, 6.45) is -1.03. The van der Waals surface area contributed by atoms with Crippen molar-refractivity contribution in [3.8, 4) is 0 Å². The van der Waals surface area contributed by atoms with Crippen molar-refractivity contribution >= 4 is 0 Å². The summed E-state index contributed by atoms with van der Waals surface area (Å²) in [6.45, 7) is 2.03. The number of halogens is 3. The fraction of sp³-hybridized carbons (Fsp3) is 0.500. The molecular formula is C12H14F3. The van der Waals surface area contributed by atoms with E-state index in [1.807, 2.05) is 6.92 Å². The molecular weight excluding hydrogens is 201 g/mol. The first-order valence-electron chi connectivity index (χ1n) is 5.12. The van der Waals surface area contributed by atoms with Crippen molar-refractivity contribution in [2.24, 2.45) is 0 Å². The first kappa shape index (κ1) is 12.1.